The van der Waals surface area contributed by atoms with Gasteiger partial charge < -0.3 is 10.6 Å². The van der Waals surface area contributed by atoms with Crippen LogP contribution in [0.5, 0.6) is 0 Å². The van der Waals surface area contributed by atoms with Crippen molar-refractivity contribution in [2.75, 3.05) is 12.3 Å². The van der Waals surface area contributed by atoms with Crippen LogP contribution in [0, 0.1) is 5.92 Å². The van der Waals surface area contributed by atoms with Gasteiger partial charge in [-0.25, -0.2) is 8.42 Å². The molecule has 6 heteroatoms. The highest BCUT2D eigenvalue weighted by Crippen LogP contribution is 2.33. The zero-order valence-electron chi connectivity index (χ0n) is 14.6. The number of carbonyl (C=O) groups is 1. The topological polar surface area (TPSA) is 75.3 Å². The molecule has 1 saturated heterocycles. The van der Waals surface area contributed by atoms with E-state index in [1.165, 1.54) is 25.7 Å². The van der Waals surface area contributed by atoms with Gasteiger partial charge in [-0.2, -0.15) is 0 Å². The third kappa shape index (κ3) is 5.28. The van der Waals surface area contributed by atoms with Crippen LogP contribution in [0.4, 0.5) is 0 Å². The summed E-state index contributed by atoms with van der Waals surface area (Å²) in [6, 6.07) is 9.60. The van der Waals surface area contributed by atoms with Gasteiger partial charge in [-0.05, 0) is 37.2 Å². The Morgan fingerprint density at radius 1 is 1.16 bits per heavy atom. The lowest BCUT2D eigenvalue weighted by Gasteiger charge is -2.24. The molecule has 0 bridgehead atoms. The largest absolute Gasteiger partial charge is 0.355 e. The second-order valence-corrected chi connectivity index (χ2v) is 9.51. The molecule has 25 heavy (non-hydrogen) atoms. The summed E-state index contributed by atoms with van der Waals surface area (Å²) in [5, 5.41) is 6.36. The van der Waals surface area contributed by atoms with E-state index in [9.17, 15) is 13.2 Å². The minimum absolute atomic E-state index is 0.0230. The molecule has 2 fully saturated rings. The van der Waals surface area contributed by atoms with Gasteiger partial charge in [-0.1, -0.05) is 43.2 Å². The maximum Gasteiger partial charge on any atom is 0.237 e. The molecule has 1 aromatic carbocycles. The summed E-state index contributed by atoms with van der Waals surface area (Å²) in [7, 11) is -3.14. The fraction of sp³-hybridized carbons (Fsp3) is 0.632. The van der Waals surface area contributed by atoms with E-state index in [0.717, 1.165) is 12.0 Å². The first-order valence-electron chi connectivity index (χ1n) is 9.31. The number of rotatable bonds is 7. The van der Waals surface area contributed by atoms with Gasteiger partial charge in [0, 0.05) is 12.6 Å². The van der Waals surface area contributed by atoms with Gasteiger partial charge in [0.15, 0.2) is 9.84 Å². The minimum Gasteiger partial charge on any atom is -0.355 e. The number of sulfone groups is 1. The standard InChI is InChI=1S/C19H28N2O3S/c22-19(18-13-16-9-4-5-10-17(16)21-18)20-11-6-12-25(23,24)14-15-7-2-1-3-8-15/h1-3,7-8,16-18,21H,4-6,9-14H2,(H,20,22). The molecule has 3 atom stereocenters. The van der Waals surface area contributed by atoms with Crippen molar-refractivity contribution in [3.05, 3.63) is 35.9 Å². The highest BCUT2D eigenvalue weighted by atomic mass is 32.2. The molecule has 2 N–H and O–H groups in total. The zero-order valence-corrected chi connectivity index (χ0v) is 15.4. The fourth-order valence-corrected chi connectivity index (χ4v) is 5.48. The van der Waals surface area contributed by atoms with Crippen molar-refractivity contribution >= 4 is 15.7 Å². The lowest BCUT2D eigenvalue weighted by atomic mass is 9.85. The summed E-state index contributed by atoms with van der Waals surface area (Å²) < 4.78 is 24.3. The molecular weight excluding hydrogens is 336 g/mol. The second kappa shape index (κ2) is 8.32. The van der Waals surface area contributed by atoms with Crippen molar-refractivity contribution in [3.63, 3.8) is 0 Å². The molecule has 5 nitrogen and oxygen atoms in total. The third-order valence-electron chi connectivity index (χ3n) is 5.34. The second-order valence-electron chi connectivity index (χ2n) is 7.33. The summed E-state index contributed by atoms with van der Waals surface area (Å²) in [4.78, 5) is 12.3. The van der Waals surface area contributed by atoms with Crippen LogP contribution in [-0.2, 0) is 20.4 Å². The van der Waals surface area contributed by atoms with Crippen LogP contribution in [0.3, 0.4) is 0 Å². The van der Waals surface area contributed by atoms with Crippen LogP contribution in [0.25, 0.3) is 0 Å². The molecule has 0 spiro atoms. The van der Waals surface area contributed by atoms with Gasteiger partial charge >= 0.3 is 0 Å². The fourth-order valence-electron chi connectivity index (χ4n) is 4.05. The Hall–Kier alpha value is -1.40. The molecule has 1 saturated carbocycles. The molecule has 1 amide bonds. The highest BCUT2D eigenvalue weighted by Gasteiger charge is 2.37. The van der Waals surface area contributed by atoms with Crippen LogP contribution in [0.15, 0.2) is 30.3 Å². The van der Waals surface area contributed by atoms with E-state index in [-0.39, 0.29) is 23.5 Å². The normalized spacial score (nSPS) is 26.2. The number of hydrogen-bond acceptors (Lipinski definition) is 4. The number of benzene rings is 1. The predicted molar refractivity (Wildman–Crippen MR) is 98.8 cm³/mol. The van der Waals surface area contributed by atoms with Gasteiger partial charge in [0.05, 0.1) is 17.5 Å². The van der Waals surface area contributed by atoms with Crippen LogP contribution in [-0.4, -0.2) is 38.7 Å². The first kappa shape index (κ1) is 18.4. The average molecular weight is 365 g/mol. The molecule has 1 heterocycles. The SMILES string of the molecule is O=C(NCCCS(=O)(=O)Cc1ccccc1)C1CC2CCCCC2N1. The number of nitrogens with one attached hydrogen (secondary N) is 2. The van der Waals surface area contributed by atoms with Gasteiger partial charge in [0.1, 0.15) is 0 Å². The average Bonchev–Trinajstić information content (AvgIpc) is 3.03. The molecule has 1 aliphatic heterocycles. The predicted octanol–water partition coefficient (Wildman–Crippen LogP) is 2.03. The first-order chi connectivity index (χ1) is 12.0. The van der Waals surface area contributed by atoms with Crippen molar-refractivity contribution in [2.45, 2.75) is 56.4 Å². The molecule has 3 rings (SSSR count). The summed E-state index contributed by atoms with van der Waals surface area (Å²) >= 11 is 0. The van der Waals surface area contributed by atoms with Crippen molar-refractivity contribution in [1.29, 1.82) is 0 Å². The Morgan fingerprint density at radius 3 is 2.68 bits per heavy atom. The van der Waals surface area contributed by atoms with Gasteiger partial charge in [-0.3, -0.25) is 4.79 Å². The number of amides is 1. The summed E-state index contributed by atoms with van der Waals surface area (Å²) in [5.41, 5.74) is 0.810. The molecule has 1 aromatic rings. The van der Waals surface area contributed by atoms with Crippen LogP contribution < -0.4 is 10.6 Å². The molecule has 0 radical (unpaired) electrons. The maximum absolute atomic E-state index is 12.3. The van der Waals surface area contributed by atoms with Crippen molar-refractivity contribution < 1.29 is 13.2 Å². The molecular formula is C19H28N2O3S. The van der Waals surface area contributed by atoms with Gasteiger partial charge in [0.25, 0.3) is 0 Å². The van der Waals surface area contributed by atoms with Gasteiger partial charge in [0.2, 0.25) is 5.91 Å². The van der Waals surface area contributed by atoms with Crippen molar-refractivity contribution in [3.8, 4) is 0 Å². The van der Waals surface area contributed by atoms with E-state index in [0.29, 0.717) is 24.9 Å². The highest BCUT2D eigenvalue weighted by molar-refractivity contribution is 7.90. The van der Waals surface area contributed by atoms with E-state index in [4.69, 9.17) is 0 Å². The molecule has 3 unspecified atom stereocenters. The molecule has 138 valence electrons. The first-order valence-corrected chi connectivity index (χ1v) is 11.1. The lowest BCUT2D eigenvalue weighted by Crippen LogP contribution is -2.43. The van der Waals surface area contributed by atoms with E-state index in [1.807, 2.05) is 30.3 Å². The Bertz CT molecular complexity index is 661. The zero-order chi connectivity index (χ0) is 17.7. The molecule has 2 aliphatic rings. The Kier molecular flexibility index (Phi) is 6.12. The summed E-state index contributed by atoms with van der Waals surface area (Å²) in [6.07, 6.45) is 6.30. The monoisotopic (exact) mass is 364 g/mol. The smallest absolute Gasteiger partial charge is 0.237 e. The Morgan fingerprint density at radius 2 is 1.92 bits per heavy atom. The lowest BCUT2D eigenvalue weighted by molar-refractivity contribution is -0.122. The number of hydrogen-bond donors (Lipinski definition) is 2. The van der Waals surface area contributed by atoms with E-state index in [1.54, 1.807) is 0 Å². The minimum atomic E-state index is -3.14. The Labute approximate surface area is 150 Å². The quantitative estimate of drug-likeness (QED) is 0.726. The van der Waals surface area contributed by atoms with Crippen molar-refractivity contribution in [1.82, 2.24) is 10.6 Å². The van der Waals surface area contributed by atoms with E-state index >= 15 is 0 Å². The molecule has 0 aromatic heterocycles. The number of fused-ring (bicyclic) bond motifs is 1. The third-order valence-corrected chi connectivity index (χ3v) is 7.02. The van der Waals surface area contributed by atoms with E-state index < -0.39 is 9.84 Å². The number of carbonyl (C=O) groups excluding carboxylic acids is 1. The van der Waals surface area contributed by atoms with Crippen molar-refractivity contribution in [2.24, 2.45) is 5.92 Å². The van der Waals surface area contributed by atoms with Crippen LogP contribution in [0.2, 0.25) is 0 Å². The maximum atomic E-state index is 12.3. The molecule has 1 aliphatic carbocycles. The van der Waals surface area contributed by atoms with Crippen LogP contribution >= 0.6 is 0 Å². The summed E-state index contributed by atoms with van der Waals surface area (Å²) in [5.74, 6) is 0.825. The van der Waals surface area contributed by atoms with Gasteiger partial charge in [-0.15, -0.1) is 0 Å². The Balaban J connectivity index is 1.37. The van der Waals surface area contributed by atoms with Crippen LogP contribution in [0.1, 0.15) is 44.1 Å². The van der Waals surface area contributed by atoms with E-state index in [2.05, 4.69) is 10.6 Å². The summed E-state index contributed by atoms with van der Waals surface area (Å²) in [6.45, 7) is 0.417.